The summed E-state index contributed by atoms with van der Waals surface area (Å²) >= 11 is 0. The Morgan fingerprint density at radius 3 is 2.43 bits per heavy atom. The first-order valence-corrected chi connectivity index (χ1v) is 4.32. The van der Waals surface area contributed by atoms with Crippen molar-refractivity contribution in [2.75, 3.05) is 12.8 Å². The minimum absolute atomic E-state index is 0.453. The smallest absolute Gasteiger partial charge is 0.120 e. The monoisotopic (exact) mass is 120 g/mol. The van der Waals surface area contributed by atoms with Gasteiger partial charge in [0.15, 0.2) is 0 Å². The highest BCUT2D eigenvalue weighted by Gasteiger charge is 1.85. The van der Waals surface area contributed by atoms with Crippen molar-refractivity contribution < 1.29 is 9.36 Å². The second kappa shape index (κ2) is 4.07. The van der Waals surface area contributed by atoms with Crippen LogP contribution in [0.25, 0.3) is 0 Å². The zero-order valence-electron chi connectivity index (χ0n) is 4.31. The third-order valence-corrected chi connectivity index (χ3v) is 1.61. The minimum Gasteiger partial charge on any atom is -0.327 e. The molecule has 1 unspecified atom stereocenters. The van der Waals surface area contributed by atoms with Gasteiger partial charge in [0.25, 0.3) is 0 Å². The summed E-state index contributed by atoms with van der Waals surface area (Å²) in [6.07, 6.45) is 1.83. The maximum absolute atomic E-state index is 10.2. The molecule has 0 aromatic carbocycles. The van der Waals surface area contributed by atoms with Gasteiger partial charge in [-0.1, -0.05) is 0 Å². The van der Waals surface area contributed by atoms with Crippen LogP contribution in [-0.2, 0) is 9.36 Å². The summed E-state index contributed by atoms with van der Waals surface area (Å²) in [6, 6.07) is 0. The van der Waals surface area contributed by atoms with Gasteiger partial charge in [0, 0.05) is 12.6 Å². The van der Waals surface area contributed by atoms with E-state index in [4.69, 9.17) is 0 Å². The van der Waals surface area contributed by atoms with E-state index in [0.29, 0.717) is 12.6 Å². The van der Waals surface area contributed by atoms with E-state index in [0.717, 1.165) is 6.29 Å². The van der Waals surface area contributed by atoms with Gasteiger partial charge in [0.05, 0.1) is 7.80 Å². The predicted molar refractivity (Wildman–Crippen MR) is 30.5 cm³/mol. The van der Waals surface area contributed by atoms with Gasteiger partial charge < -0.3 is 9.36 Å². The van der Waals surface area contributed by atoms with Crippen molar-refractivity contribution in [3.63, 3.8) is 0 Å². The van der Waals surface area contributed by atoms with Crippen LogP contribution in [0.2, 0.25) is 0 Å². The van der Waals surface area contributed by atoms with Crippen LogP contribution in [0, 0.1) is 0 Å². The van der Waals surface area contributed by atoms with Crippen molar-refractivity contribution in [2.45, 2.75) is 6.42 Å². The lowest BCUT2D eigenvalue weighted by atomic mass is 10.6. The summed E-state index contributed by atoms with van der Waals surface area (Å²) in [5.41, 5.74) is 0. The summed E-state index contributed by atoms with van der Waals surface area (Å²) in [4.78, 5) is 9.59. The number of hydrogen-bond acceptors (Lipinski definition) is 2. The molecule has 0 saturated carbocycles. The minimum atomic E-state index is -1.38. The number of carbonyl (C=O) groups excluding carboxylic acids is 1. The van der Waals surface area contributed by atoms with E-state index >= 15 is 0 Å². The lowest BCUT2D eigenvalue weighted by Gasteiger charge is -1.82. The van der Waals surface area contributed by atoms with Crippen LogP contribution in [0.15, 0.2) is 0 Å². The van der Waals surface area contributed by atoms with E-state index < -0.39 is 7.80 Å². The molecular formula is C4H9O2P. The van der Waals surface area contributed by atoms with Gasteiger partial charge in [-0.25, -0.2) is 0 Å². The Labute approximate surface area is 43.7 Å². The number of rotatable bonds is 3. The van der Waals surface area contributed by atoms with E-state index in [1.807, 2.05) is 0 Å². The van der Waals surface area contributed by atoms with Crippen LogP contribution >= 0.6 is 7.80 Å². The third kappa shape index (κ3) is 5.90. The van der Waals surface area contributed by atoms with Crippen molar-refractivity contribution in [3.05, 3.63) is 0 Å². The zero-order valence-corrected chi connectivity index (χ0v) is 5.31. The summed E-state index contributed by atoms with van der Waals surface area (Å²) in [7, 11) is -1.38. The largest absolute Gasteiger partial charge is 0.327 e. The highest BCUT2D eigenvalue weighted by Crippen LogP contribution is 2.12. The molecule has 7 heavy (non-hydrogen) atoms. The van der Waals surface area contributed by atoms with Crippen molar-refractivity contribution in [1.82, 2.24) is 0 Å². The van der Waals surface area contributed by atoms with Crippen LogP contribution < -0.4 is 0 Å². The fourth-order valence-corrected chi connectivity index (χ4v) is 0.787. The molecule has 2 nitrogen and oxygen atoms in total. The molecule has 42 valence electrons. The third-order valence-electron chi connectivity index (χ3n) is 0.614. The summed E-state index contributed by atoms with van der Waals surface area (Å²) in [5, 5.41) is 0. The zero-order chi connectivity index (χ0) is 5.70. The molecule has 0 bridgehead atoms. The fourth-order valence-electron chi connectivity index (χ4n) is 0.262. The molecule has 0 saturated heterocycles. The standard InChI is InChI=1S/C4H9O2P/c1-7(6)4-2-3-5/h3,7H,2,4H2,1H3. The average molecular weight is 120 g/mol. The Morgan fingerprint density at radius 2 is 2.29 bits per heavy atom. The average Bonchev–Trinajstić information content (AvgIpc) is 1.61. The van der Waals surface area contributed by atoms with E-state index in [1.54, 1.807) is 6.66 Å². The summed E-state index contributed by atoms with van der Waals surface area (Å²) < 4.78 is 10.2. The molecule has 0 amide bonds. The van der Waals surface area contributed by atoms with Gasteiger partial charge >= 0.3 is 0 Å². The molecule has 0 fully saturated rings. The lowest BCUT2D eigenvalue weighted by molar-refractivity contribution is -0.107. The van der Waals surface area contributed by atoms with Gasteiger partial charge in [0.2, 0.25) is 0 Å². The highest BCUT2D eigenvalue weighted by atomic mass is 31.1. The van der Waals surface area contributed by atoms with E-state index in [-0.39, 0.29) is 0 Å². The predicted octanol–water partition coefficient (Wildman–Crippen LogP) is 0.765. The van der Waals surface area contributed by atoms with E-state index in [9.17, 15) is 9.36 Å². The normalized spacial score (nSPS) is 13.3. The molecule has 3 heteroatoms. The Balaban J connectivity index is 2.97. The maximum atomic E-state index is 10.2. The maximum Gasteiger partial charge on any atom is 0.120 e. The van der Waals surface area contributed by atoms with Crippen molar-refractivity contribution in [1.29, 1.82) is 0 Å². The SMILES string of the molecule is C[PH](=O)CCC=O. The van der Waals surface area contributed by atoms with Crippen LogP contribution in [-0.4, -0.2) is 19.1 Å². The van der Waals surface area contributed by atoms with Gasteiger partial charge in [-0.05, 0) is 6.66 Å². The molecular weight excluding hydrogens is 111 g/mol. The number of hydrogen-bond donors (Lipinski definition) is 0. The molecule has 0 aromatic heterocycles. The Bertz CT molecular complexity index is 79.8. The topological polar surface area (TPSA) is 34.1 Å². The van der Waals surface area contributed by atoms with Crippen molar-refractivity contribution >= 4 is 14.1 Å². The summed E-state index contributed by atoms with van der Waals surface area (Å²) in [6.45, 7) is 1.66. The number of aldehydes is 1. The van der Waals surface area contributed by atoms with E-state index in [2.05, 4.69) is 0 Å². The first-order chi connectivity index (χ1) is 3.27. The highest BCUT2D eigenvalue weighted by molar-refractivity contribution is 7.43. The second-order valence-corrected chi connectivity index (χ2v) is 3.31. The quantitative estimate of drug-likeness (QED) is 0.407. The molecule has 0 aromatic rings. The van der Waals surface area contributed by atoms with Crippen LogP contribution in [0.4, 0.5) is 0 Å². The molecule has 0 aliphatic heterocycles. The Hall–Kier alpha value is -0.100. The van der Waals surface area contributed by atoms with Crippen LogP contribution in [0.5, 0.6) is 0 Å². The molecule has 0 radical (unpaired) electrons. The van der Waals surface area contributed by atoms with Gasteiger partial charge in [-0.3, -0.25) is 0 Å². The van der Waals surface area contributed by atoms with E-state index in [1.165, 1.54) is 0 Å². The molecule has 0 rings (SSSR count). The van der Waals surface area contributed by atoms with Crippen LogP contribution in [0.3, 0.4) is 0 Å². The molecule has 0 N–H and O–H groups in total. The molecule has 0 heterocycles. The van der Waals surface area contributed by atoms with Crippen LogP contribution in [0.1, 0.15) is 6.42 Å². The van der Waals surface area contributed by atoms with Crippen molar-refractivity contribution in [3.8, 4) is 0 Å². The first kappa shape index (κ1) is 6.90. The van der Waals surface area contributed by atoms with Gasteiger partial charge in [0.1, 0.15) is 6.29 Å². The number of carbonyl (C=O) groups is 1. The molecule has 1 atom stereocenters. The summed E-state index contributed by atoms with van der Waals surface area (Å²) in [5.74, 6) is 0. The molecule has 0 spiro atoms. The Kier molecular flexibility index (Phi) is 4.01. The van der Waals surface area contributed by atoms with Gasteiger partial charge in [-0.2, -0.15) is 0 Å². The fraction of sp³-hybridized carbons (Fsp3) is 0.750. The van der Waals surface area contributed by atoms with Gasteiger partial charge in [-0.15, -0.1) is 0 Å². The molecule has 0 aliphatic carbocycles. The second-order valence-electron chi connectivity index (χ2n) is 1.41. The van der Waals surface area contributed by atoms with Crippen molar-refractivity contribution in [2.24, 2.45) is 0 Å². The molecule has 0 aliphatic rings. The lowest BCUT2D eigenvalue weighted by Crippen LogP contribution is -1.76. The first-order valence-electron chi connectivity index (χ1n) is 2.20. The Morgan fingerprint density at radius 1 is 1.71 bits per heavy atom.